The van der Waals surface area contributed by atoms with Gasteiger partial charge in [0, 0.05) is 18.8 Å². The van der Waals surface area contributed by atoms with Crippen molar-refractivity contribution in [1.82, 2.24) is 10.3 Å². The van der Waals surface area contributed by atoms with Gasteiger partial charge in [-0.2, -0.15) is 0 Å². The number of halogens is 1. The van der Waals surface area contributed by atoms with Crippen LogP contribution in [-0.4, -0.2) is 34.6 Å². The van der Waals surface area contributed by atoms with Crippen molar-refractivity contribution < 1.29 is 14.7 Å². The van der Waals surface area contributed by atoms with Gasteiger partial charge in [0.15, 0.2) is 0 Å². The molecule has 1 aromatic heterocycles. The average Bonchev–Trinajstić information content (AvgIpc) is 2.60. The van der Waals surface area contributed by atoms with E-state index in [2.05, 4.69) is 15.6 Å². The van der Waals surface area contributed by atoms with E-state index in [9.17, 15) is 9.59 Å². The van der Waals surface area contributed by atoms with Crippen LogP contribution in [0.4, 0.5) is 5.82 Å². The van der Waals surface area contributed by atoms with E-state index in [4.69, 9.17) is 16.7 Å². The summed E-state index contributed by atoms with van der Waals surface area (Å²) >= 11 is 6.15. The Balaban J connectivity index is 1.87. The summed E-state index contributed by atoms with van der Waals surface area (Å²) in [5, 5.41) is 14.9. The van der Waals surface area contributed by atoms with Crippen LogP contribution in [0.25, 0.3) is 6.08 Å². The largest absolute Gasteiger partial charge is 0.478 e. The van der Waals surface area contributed by atoms with E-state index in [0.717, 1.165) is 6.08 Å². The molecule has 1 aliphatic carbocycles. The fourth-order valence-electron chi connectivity index (χ4n) is 2.88. The Kier molecular flexibility index (Phi) is 7.25. The van der Waals surface area contributed by atoms with Gasteiger partial charge in [-0.05, 0) is 43.4 Å². The number of aromatic nitrogens is 1. The second kappa shape index (κ2) is 9.42. The molecule has 1 atom stereocenters. The molecule has 0 bridgehead atoms. The molecule has 0 aromatic carbocycles. The Labute approximate surface area is 152 Å². The molecule has 1 amide bonds. The number of anilines is 1. The van der Waals surface area contributed by atoms with Gasteiger partial charge in [-0.3, -0.25) is 4.79 Å². The third-order valence-electron chi connectivity index (χ3n) is 4.32. The van der Waals surface area contributed by atoms with Crippen LogP contribution in [0.15, 0.2) is 18.3 Å². The van der Waals surface area contributed by atoms with Crippen LogP contribution in [0.1, 0.15) is 44.6 Å². The summed E-state index contributed by atoms with van der Waals surface area (Å²) < 4.78 is 0. The molecule has 0 unspecified atom stereocenters. The standard InChI is InChI=1S/C18H24ClN3O3/c1-12(18(25)21-10-13-5-3-2-4-6-13)22-17-15(19)9-14(11-20-17)7-8-16(23)24/h7-9,11-13H,2-6,10H2,1H3,(H,20,22)(H,21,25)(H,23,24)/t12-/m1/s1. The molecule has 0 radical (unpaired) electrons. The number of rotatable bonds is 7. The molecule has 136 valence electrons. The van der Waals surface area contributed by atoms with Crippen molar-refractivity contribution in [2.45, 2.75) is 45.1 Å². The molecule has 0 saturated heterocycles. The van der Waals surface area contributed by atoms with Crippen molar-refractivity contribution in [3.05, 3.63) is 28.9 Å². The van der Waals surface area contributed by atoms with Gasteiger partial charge in [-0.15, -0.1) is 0 Å². The molecule has 1 heterocycles. The zero-order chi connectivity index (χ0) is 18.2. The van der Waals surface area contributed by atoms with Crippen molar-refractivity contribution in [2.24, 2.45) is 5.92 Å². The molecule has 1 saturated carbocycles. The molecule has 3 N–H and O–H groups in total. The molecule has 0 aliphatic heterocycles. The second-order valence-electron chi connectivity index (χ2n) is 6.39. The lowest BCUT2D eigenvalue weighted by Gasteiger charge is -2.23. The maximum absolute atomic E-state index is 12.2. The molecule has 7 heteroatoms. The Morgan fingerprint density at radius 1 is 1.40 bits per heavy atom. The molecule has 25 heavy (non-hydrogen) atoms. The zero-order valence-corrected chi connectivity index (χ0v) is 15.1. The Bertz CT molecular complexity index is 642. The first-order valence-corrected chi connectivity index (χ1v) is 8.94. The summed E-state index contributed by atoms with van der Waals surface area (Å²) in [4.78, 5) is 26.9. The number of carbonyl (C=O) groups is 2. The minimum atomic E-state index is -1.04. The Morgan fingerprint density at radius 3 is 2.76 bits per heavy atom. The van der Waals surface area contributed by atoms with Gasteiger partial charge in [0.05, 0.1) is 5.02 Å². The fraction of sp³-hybridized carbons (Fsp3) is 0.500. The van der Waals surface area contributed by atoms with E-state index in [-0.39, 0.29) is 5.91 Å². The van der Waals surface area contributed by atoms with E-state index in [1.54, 1.807) is 13.0 Å². The maximum Gasteiger partial charge on any atom is 0.328 e. The number of hydrogen-bond donors (Lipinski definition) is 3. The van der Waals surface area contributed by atoms with Crippen LogP contribution in [0.5, 0.6) is 0 Å². The first-order valence-electron chi connectivity index (χ1n) is 8.56. The number of carbonyl (C=O) groups excluding carboxylic acids is 1. The number of pyridine rings is 1. The smallest absolute Gasteiger partial charge is 0.328 e. The Hall–Kier alpha value is -2.08. The first kappa shape index (κ1) is 19.2. The maximum atomic E-state index is 12.2. The number of hydrogen-bond acceptors (Lipinski definition) is 4. The van der Waals surface area contributed by atoms with Crippen molar-refractivity contribution in [3.8, 4) is 0 Å². The first-order chi connectivity index (χ1) is 12.0. The van der Waals surface area contributed by atoms with Crippen molar-refractivity contribution in [2.75, 3.05) is 11.9 Å². The molecular weight excluding hydrogens is 342 g/mol. The number of nitrogens with one attached hydrogen (secondary N) is 2. The molecule has 1 fully saturated rings. The monoisotopic (exact) mass is 365 g/mol. The zero-order valence-electron chi connectivity index (χ0n) is 14.3. The third-order valence-corrected chi connectivity index (χ3v) is 4.61. The van der Waals surface area contributed by atoms with Crippen LogP contribution in [-0.2, 0) is 9.59 Å². The van der Waals surface area contributed by atoms with Gasteiger partial charge in [-0.25, -0.2) is 9.78 Å². The molecule has 0 spiro atoms. The Morgan fingerprint density at radius 2 is 2.12 bits per heavy atom. The number of amides is 1. The summed E-state index contributed by atoms with van der Waals surface area (Å²) in [6, 6.07) is 1.14. The summed E-state index contributed by atoms with van der Waals surface area (Å²) in [6.45, 7) is 2.47. The summed E-state index contributed by atoms with van der Waals surface area (Å²) in [6.07, 6.45) is 10.1. The van der Waals surface area contributed by atoms with Gasteiger partial charge in [0.1, 0.15) is 11.9 Å². The van der Waals surface area contributed by atoms with Gasteiger partial charge < -0.3 is 15.7 Å². The SMILES string of the molecule is C[C@@H](Nc1ncc(C=CC(=O)O)cc1Cl)C(=O)NCC1CCCCC1. The van der Waals surface area contributed by atoms with E-state index in [0.29, 0.717) is 28.9 Å². The summed E-state index contributed by atoms with van der Waals surface area (Å²) in [5.41, 5.74) is 0.576. The van der Waals surface area contributed by atoms with Gasteiger partial charge in [0.2, 0.25) is 5.91 Å². The van der Waals surface area contributed by atoms with E-state index in [1.165, 1.54) is 44.4 Å². The predicted octanol–water partition coefficient (Wildman–Crippen LogP) is 3.33. The highest BCUT2D eigenvalue weighted by Gasteiger charge is 2.18. The average molecular weight is 366 g/mol. The third kappa shape index (κ3) is 6.38. The topological polar surface area (TPSA) is 91.3 Å². The lowest BCUT2D eigenvalue weighted by molar-refractivity contribution is -0.131. The van der Waals surface area contributed by atoms with E-state index in [1.807, 2.05) is 0 Å². The molecule has 1 aromatic rings. The minimum absolute atomic E-state index is 0.0849. The highest BCUT2D eigenvalue weighted by atomic mass is 35.5. The number of aliphatic carboxylic acids is 1. The highest BCUT2D eigenvalue weighted by Crippen LogP contribution is 2.23. The number of carboxylic acids is 1. The van der Waals surface area contributed by atoms with Gasteiger partial charge >= 0.3 is 5.97 Å². The molecular formula is C18H24ClN3O3. The predicted molar refractivity (Wildman–Crippen MR) is 98.6 cm³/mol. The van der Waals surface area contributed by atoms with Crippen LogP contribution < -0.4 is 10.6 Å². The van der Waals surface area contributed by atoms with E-state index < -0.39 is 12.0 Å². The van der Waals surface area contributed by atoms with Crippen LogP contribution in [0, 0.1) is 5.92 Å². The number of nitrogens with zero attached hydrogens (tertiary/aromatic N) is 1. The normalized spacial score (nSPS) is 16.6. The fourth-order valence-corrected chi connectivity index (χ4v) is 3.11. The van der Waals surface area contributed by atoms with Crippen molar-refractivity contribution in [1.29, 1.82) is 0 Å². The van der Waals surface area contributed by atoms with Crippen molar-refractivity contribution in [3.63, 3.8) is 0 Å². The van der Waals surface area contributed by atoms with Crippen LogP contribution in [0.3, 0.4) is 0 Å². The second-order valence-corrected chi connectivity index (χ2v) is 6.79. The quantitative estimate of drug-likeness (QED) is 0.644. The van der Waals surface area contributed by atoms with Crippen molar-refractivity contribution >= 4 is 35.4 Å². The van der Waals surface area contributed by atoms with Crippen LogP contribution in [0.2, 0.25) is 5.02 Å². The lowest BCUT2D eigenvalue weighted by atomic mass is 9.89. The lowest BCUT2D eigenvalue weighted by Crippen LogP contribution is -2.40. The van der Waals surface area contributed by atoms with E-state index >= 15 is 0 Å². The van der Waals surface area contributed by atoms with Gasteiger partial charge in [-0.1, -0.05) is 30.9 Å². The van der Waals surface area contributed by atoms with Crippen LogP contribution >= 0.6 is 11.6 Å². The van der Waals surface area contributed by atoms with Gasteiger partial charge in [0.25, 0.3) is 0 Å². The minimum Gasteiger partial charge on any atom is -0.478 e. The molecule has 1 aliphatic rings. The summed E-state index contributed by atoms with van der Waals surface area (Å²) in [5.74, 6) is -0.152. The highest BCUT2D eigenvalue weighted by molar-refractivity contribution is 6.33. The summed E-state index contributed by atoms with van der Waals surface area (Å²) in [7, 11) is 0. The molecule has 6 nitrogen and oxygen atoms in total. The molecule has 2 rings (SSSR count). The number of carboxylic acid groups (broad SMARTS) is 1.